The molecule has 0 saturated carbocycles. The zero-order valence-corrected chi connectivity index (χ0v) is 10.7. The molecule has 1 N–H and O–H groups in total. The average Bonchev–Trinajstić information content (AvgIpc) is 2.48. The summed E-state index contributed by atoms with van der Waals surface area (Å²) in [5.41, 5.74) is -0.460. The molecule has 1 heterocycles. The highest BCUT2D eigenvalue weighted by Crippen LogP contribution is 2.38. The van der Waals surface area contributed by atoms with E-state index in [0.717, 1.165) is 17.3 Å². The maximum Gasteiger partial charge on any atom is 0.101 e. The molecule has 0 aromatic rings. The predicted octanol–water partition coefficient (Wildman–Crippen LogP) is 1.88. The summed E-state index contributed by atoms with van der Waals surface area (Å²) >= 11 is 2.29. The van der Waals surface area contributed by atoms with E-state index < -0.39 is 17.6 Å². The molecular formula is C10H16INO2. The van der Waals surface area contributed by atoms with Crippen molar-refractivity contribution in [1.29, 1.82) is 5.26 Å². The van der Waals surface area contributed by atoms with Gasteiger partial charge in [0, 0.05) is 4.43 Å². The third kappa shape index (κ3) is 2.38. The van der Waals surface area contributed by atoms with Gasteiger partial charge in [-0.1, -0.05) is 22.6 Å². The third-order valence-electron chi connectivity index (χ3n) is 2.85. The largest absolute Gasteiger partial charge is 0.392 e. The number of rotatable bonds is 3. The second-order valence-electron chi connectivity index (χ2n) is 4.09. The number of aliphatic hydroxyl groups is 1. The van der Waals surface area contributed by atoms with Gasteiger partial charge < -0.3 is 9.84 Å². The van der Waals surface area contributed by atoms with E-state index in [1.54, 1.807) is 6.92 Å². The molecule has 0 aromatic heterocycles. The van der Waals surface area contributed by atoms with Crippen LogP contribution in [0.2, 0.25) is 0 Å². The Bertz CT molecular complexity index is 239. The second kappa shape index (κ2) is 4.77. The van der Waals surface area contributed by atoms with Gasteiger partial charge in [0.25, 0.3) is 0 Å². The number of alkyl halides is 1. The molecule has 1 saturated heterocycles. The Morgan fingerprint density at radius 3 is 2.79 bits per heavy atom. The summed E-state index contributed by atoms with van der Waals surface area (Å²) in [5.74, 6) is -0.421. The zero-order chi connectivity index (χ0) is 10.8. The van der Waals surface area contributed by atoms with Crippen molar-refractivity contribution in [2.75, 3.05) is 4.43 Å². The first kappa shape index (κ1) is 12.2. The molecule has 0 bridgehead atoms. The lowest BCUT2D eigenvalue weighted by atomic mass is 9.84. The molecule has 4 atom stereocenters. The fourth-order valence-electron chi connectivity index (χ4n) is 2.04. The molecule has 0 amide bonds. The third-order valence-corrected chi connectivity index (χ3v) is 3.83. The summed E-state index contributed by atoms with van der Waals surface area (Å²) in [6.07, 6.45) is 1.47. The molecular weight excluding hydrogens is 293 g/mol. The van der Waals surface area contributed by atoms with Gasteiger partial charge in [0.05, 0.1) is 23.9 Å². The Morgan fingerprint density at radius 1 is 1.79 bits per heavy atom. The van der Waals surface area contributed by atoms with Crippen LogP contribution in [0.25, 0.3) is 0 Å². The lowest BCUT2D eigenvalue weighted by Gasteiger charge is -2.31. The Balaban J connectivity index is 2.71. The van der Waals surface area contributed by atoms with Gasteiger partial charge in [0.15, 0.2) is 0 Å². The van der Waals surface area contributed by atoms with Crippen LogP contribution in [0.1, 0.15) is 26.7 Å². The zero-order valence-electron chi connectivity index (χ0n) is 8.53. The number of ether oxygens (including phenoxy) is 1. The van der Waals surface area contributed by atoms with Crippen molar-refractivity contribution in [3.8, 4) is 6.07 Å². The van der Waals surface area contributed by atoms with E-state index in [1.807, 2.05) is 6.92 Å². The Labute approximate surface area is 98.6 Å². The quantitative estimate of drug-likeness (QED) is 0.640. The van der Waals surface area contributed by atoms with Crippen molar-refractivity contribution in [1.82, 2.24) is 0 Å². The van der Waals surface area contributed by atoms with E-state index in [9.17, 15) is 5.11 Å². The van der Waals surface area contributed by atoms with Crippen LogP contribution in [0.15, 0.2) is 0 Å². The van der Waals surface area contributed by atoms with E-state index in [4.69, 9.17) is 10.00 Å². The number of halogens is 1. The van der Waals surface area contributed by atoms with Gasteiger partial charge in [-0.3, -0.25) is 0 Å². The fourth-order valence-corrected chi connectivity index (χ4v) is 2.66. The summed E-state index contributed by atoms with van der Waals surface area (Å²) in [5, 5.41) is 18.5. The van der Waals surface area contributed by atoms with Crippen molar-refractivity contribution in [3.63, 3.8) is 0 Å². The Morgan fingerprint density at radius 2 is 2.43 bits per heavy atom. The van der Waals surface area contributed by atoms with E-state index in [2.05, 4.69) is 28.7 Å². The van der Waals surface area contributed by atoms with Gasteiger partial charge in [-0.25, -0.2) is 0 Å². The van der Waals surface area contributed by atoms with Crippen molar-refractivity contribution < 1.29 is 9.84 Å². The summed E-state index contributed by atoms with van der Waals surface area (Å²) in [6.45, 7) is 3.58. The molecule has 0 radical (unpaired) electrons. The highest BCUT2D eigenvalue weighted by molar-refractivity contribution is 14.1. The minimum atomic E-state index is -0.627. The molecule has 1 aliphatic rings. The van der Waals surface area contributed by atoms with E-state index in [1.165, 1.54) is 0 Å². The van der Waals surface area contributed by atoms with Crippen LogP contribution in [0, 0.1) is 17.2 Å². The summed E-state index contributed by atoms with van der Waals surface area (Å²) in [4.78, 5) is 0. The Hall–Kier alpha value is 0.140. The van der Waals surface area contributed by atoms with Gasteiger partial charge in [0.1, 0.15) is 5.92 Å². The lowest BCUT2D eigenvalue weighted by molar-refractivity contribution is -0.0723. The molecule has 14 heavy (non-hydrogen) atoms. The Kier molecular flexibility index (Phi) is 4.16. The maximum absolute atomic E-state index is 9.49. The van der Waals surface area contributed by atoms with Gasteiger partial charge >= 0.3 is 0 Å². The topological polar surface area (TPSA) is 53.2 Å². The minimum absolute atomic E-state index is 0.246. The van der Waals surface area contributed by atoms with Crippen molar-refractivity contribution >= 4 is 22.6 Å². The molecule has 0 unspecified atom stereocenters. The van der Waals surface area contributed by atoms with Crippen molar-refractivity contribution in [2.45, 2.75) is 44.5 Å². The molecule has 3 nitrogen and oxygen atoms in total. The predicted molar refractivity (Wildman–Crippen MR) is 62.2 cm³/mol. The van der Waals surface area contributed by atoms with Crippen LogP contribution in [0.5, 0.6) is 0 Å². The van der Waals surface area contributed by atoms with Crippen LogP contribution >= 0.6 is 22.6 Å². The molecule has 0 aromatic carbocycles. The van der Waals surface area contributed by atoms with E-state index in [-0.39, 0.29) is 6.10 Å². The number of aliphatic hydroxyl groups excluding tert-OH is 1. The first-order valence-corrected chi connectivity index (χ1v) is 6.37. The first-order valence-electron chi connectivity index (χ1n) is 4.85. The van der Waals surface area contributed by atoms with Gasteiger partial charge in [-0.05, 0) is 26.7 Å². The molecule has 0 spiro atoms. The fraction of sp³-hybridized carbons (Fsp3) is 0.900. The van der Waals surface area contributed by atoms with Crippen LogP contribution in [-0.4, -0.2) is 27.3 Å². The molecule has 1 fully saturated rings. The molecule has 0 aliphatic carbocycles. The van der Waals surface area contributed by atoms with Crippen LogP contribution < -0.4 is 0 Å². The maximum atomic E-state index is 9.49. The van der Waals surface area contributed by atoms with Crippen LogP contribution in [0.3, 0.4) is 0 Å². The average molecular weight is 309 g/mol. The number of nitriles is 1. The second-order valence-corrected chi connectivity index (χ2v) is 4.97. The minimum Gasteiger partial charge on any atom is -0.392 e. The van der Waals surface area contributed by atoms with Gasteiger partial charge in [0.2, 0.25) is 0 Å². The highest BCUT2D eigenvalue weighted by Gasteiger charge is 2.44. The van der Waals surface area contributed by atoms with E-state index >= 15 is 0 Å². The van der Waals surface area contributed by atoms with Crippen molar-refractivity contribution in [3.05, 3.63) is 0 Å². The number of hydrogen-bond donors (Lipinski definition) is 1. The smallest absolute Gasteiger partial charge is 0.101 e. The highest BCUT2D eigenvalue weighted by atomic mass is 127. The first-order chi connectivity index (χ1) is 6.53. The molecule has 1 rings (SSSR count). The van der Waals surface area contributed by atoms with E-state index in [0.29, 0.717) is 0 Å². The van der Waals surface area contributed by atoms with Crippen LogP contribution in [-0.2, 0) is 4.74 Å². The van der Waals surface area contributed by atoms with Gasteiger partial charge in [-0.2, -0.15) is 5.26 Å². The molecule has 1 aliphatic heterocycles. The van der Waals surface area contributed by atoms with Crippen LogP contribution in [0.4, 0.5) is 0 Å². The van der Waals surface area contributed by atoms with Crippen molar-refractivity contribution in [2.24, 2.45) is 5.92 Å². The summed E-state index contributed by atoms with van der Waals surface area (Å²) < 4.78 is 6.77. The van der Waals surface area contributed by atoms with Gasteiger partial charge in [-0.15, -0.1) is 0 Å². The standard InChI is InChI=1S/C10H16INO2/c1-7(13)9(6-12)10(2)4-3-8(5-11)14-10/h7-9,13H,3-5H2,1-2H3/t7-,8+,9+,10+/m1/s1. The summed E-state index contributed by atoms with van der Waals surface area (Å²) in [6, 6.07) is 2.15. The number of nitrogens with zero attached hydrogens (tertiary/aromatic N) is 1. The molecule has 80 valence electrons. The summed E-state index contributed by atoms with van der Waals surface area (Å²) in [7, 11) is 0. The lowest BCUT2D eigenvalue weighted by Crippen LogP contribution is -2.40. The SMILES string of the molecule is C[C@@H](O)[C@H](C#N)[C@]1(C)CC[C@@H](CI)O1. The molecule has 4 heteroatoms. The number of hydrogen-bond acceptors (Lipinski definition) is 3. The monoisotopic (exact) mass is 309 g/mol. The normalized spacial score (nSPS) is 36.4.